The number of hydrogen-bond acceptors (Lipinski definition) is 1. The molecule has 0 atom stereocenters. The van der Waals surface area contributed by atoms with Crippen molar-refractivity contribution in [1.29, 1.82) is 0 Å². The van der Waals surface area contributed by atoms with E-state index in [1.807, 2.05) is 0 Å². The van der Waals surface area contributed by atoms with Crippen LogP contribution in [0, 0.1) is 23.4 Å². The normalized spacial score (nSPS) is 22.4. The van der Waals surface area contributed by atoms with Crippen LogP contribution < -0.4 is 5.32 Å². The average molecular weight is 448 g/mol. The number of carbonyl (C=O) groups excluding carboxylic acids is 1. The van der Waals surface area contributed by atoms with Gasteiger partial charge in [0.2, 0.25) is 11.8 Å². The van der Waals surface area contributed by atoms with E-state index in [4.69, 9.17) is 0 Å². The zero-order chi connectivity index (χ0) is 22.6. The van der Waals surface area contributed by atoms with E-state index in [2.05, 4.69) is 10.3 Å². The lowest BCUT2D eigenvalue weighted by molar-refractivity contribution is -0.134. The zero-order valence-electron chi connectivity index (χ0n) is 17.0. The number of halogens is 5. The van der Waals surface area contributed by atoms with E-state index >= 15 is 0 Å². The van der Waals surface area contributed by atoms with Gasteiger partial charge in [0.25, 0.3) is 0 Å². The van der Waals surface area contributed by atoms with Crippen LogP contribution >= 0.6 is 0 Å². The highest BCUT2D eigenvalue weighted by molar-refractivity contribution is 5.92. The molecule has 2 fully saturated rings. The summed E-state index contributed by atoms with van der Waals surface area (Å²) >= 11 is 0. The second-order valence-electron chi connectivity index (χ2n) is 9.00. The van der Waals surface area contributed by atoms with Crippen LogP contribution in [0.2, 0.25) is 0 Å². The van der Waals surface area contributed by atoms with E-state index in [1.54, 1.807) is 12.1 Å². The zero-order valence-corrected chi connectivity index (χ0v) is 17.0. The summed E-state index contributed by atoms with van der Waals surface area (Å²) < 4.78 is 67.7. The highest BCUT2D eigenvalue weighted by Gasteiger charge is 2.46. The van der Waals surface area contributed by atoms with Crippen molar-refractivity contribution in [1.82, 2.24) is 10.3 Å². The molecule has 168 valence electrons. The summed E-state index contributed by atoms with van der Waals surface area (Å²) in [5, 5.41) is 3.30. The first kappa shape index (κ1) is 21.0. The van der Waals surface area contributed by atoms with Crippen LogP contribution in [0.5, 0.6) is 0 Å². The number of amides is 1. The van der Waals surface area contributed by atoms with Gasteiger partial charge in [-0.3, -0.25) is 4.79 Å². The number of nitrogens with one attached hydrogen (secondary N) is 2. The highest BCUT2D eigenvalue weighted by atomic mass is 19.3. The molecule has 0 radical (unpaired) electrons. The summed E-state index contributed by atoms with van der Waals surface area (Å²) in [7, 11) is 0. The molecule has 2 aliphatic rings. The van der Waals surface area contributed by atoms with Gasteiger partial charge in [-0.2, -0.15) is 0 Å². The number of alkyl halides is 2. The number of aromatic nitrogens is 1. The van der Waals surface area contributed by atoms with Crippen LogP contribution in [0.4, 0.5) is 22.0 Å². The Morgan fingerprint density at radius 3 is 2.38 bits per heavy atom. The van der Waals surface area contributed by atoms with Crippen molar-refractivity contribution in [3.63, 3.8) is 0 Å². The van der Waals surface area contributed by atoms with E-state index in [0.29, 0.717) is 29.5 Å². The predicted octanol–water partition coefficient (Wildman–Crippen LogP) is 6.05. The molecule has 0 aliphatic heterocycles. The molecule has 2 saturated carbocycles. The molecule has 2 aliphatic carbocycles. The van der Waals surface area contributed by atoms with Gasteiger partial charge in [0, 0.05) is 36.8 Å². The van der Waals surface area contributed by atoms with Crippen LogP contribution in [0.1, 0.15) is 43.6 Å². The van der Waals surface area contributed by atoms with Crippen molar-refractivity contribution >= 4 is 16.8 Å². The fourth-order valence-electron chi connectivity index (χ4n) is 4.96. The van der Waals surface area contributed by atoms with Gasteiger partial charge in [-0.05, 0) is 66.1 Å². The maximum atomic E-state index is 14.4. The van der Waals surface area contributed by atoms with Crippen LogP contribution in [0.3, 0.4) is 0 Å². The van der Waals surface area contributed by atoms with Crippen molar-refractivity contribution in [2.45, 2.75) is 50.0 Å². The Hall–Kier alpha value is -2.90. The molecule has 8 heteroatoms. The SMILES string of the molecule is O=C(CC1CC(F)(F)C1)N[C@H]1C[C@H](c2c(-c3ccc(F)cc3)[nH]c3c(F)cc(F)cc32)C1. The molecule has 0 spiro atoms. The van der Waals surface area contributed by atoms with Crippen molar-refractivity contribution in [3.8, 4) is 11.3 Å². The Morgan fingerprint density at radius 2 is 1.72 bits per heavy atom. The van der Waals surface area contributed by atoms with Crippen LogP contribution in [-0.4, -0.2) is 22.9 Å². The fourth-order valence-corrected chi connectivity index (χ4v) is 4.96. The smallest absolute Gasteiger partial charge is 0.248 e. The van der Waals surface area contributed by atoms with E-state index in [0.717, 1.165) is 11.6 Å². The number of benzene rings is 2. The molecule has 32 heavy (non-hydrogen) atoms. The molecule has 1 aromatic heterocycles. The summed E-state index contributed by atoms with van der Waals surface area (Å²) in [6.07, 6.45) is 0.710. The quantitative estimate of drug-likeness (QED) is 0.459. The lowest BCUT2D eigenvalue weighted by atomic mass is 9.74. The third-order valence-corrected chi connectivity index (χ3v) is 6.56. The van der Waals surface area contributed by atoms with E-state index in [-0.39, 0.29) is 48.6 Å². The van der Waals surface area contributed by atoms with E-state index in [9.17, 15) is 26.7 Å². The Labute approximate surface area is 181 Å². The summed E-state index contributed by atoms with van der Waals surface area (Å²) in [4.78, 5) is 15.2. The summed E-state index contributed by atoms with van der Waals surface area (Å²) in [6, 6.07) is 7.71. The van der Waals surface area contributed by atoms with Gasteiger partial charge in [-0.25, -0.2) is 22.0 Å². The van der Waals surface area contributed by atoms with Gasteiger partial charge < -0.3 is 10.3 Å². The molecular weight excluding hydrogens is 427 g/mol. The number of aromatic amines is 1. The van der Waals surface area contributed by atoms with Gasteiger partial charge >= 0.3 is 0 Å². The minimum Gasteiger partial charge on any atom is -0.353 e. The monoisotopic (exact) mass is 448 g/mol. The van der Waals surface area contributed by atoms with Crippen LogP contribution in [-0.2, 0) is 4.79 Å². The lowest BCUT2D eigenvalue weighted by Crippen LogP contribution is -2.45. The largest absolute Gasteiger partial charge is 0.353 e. The third-order valence-electron chi connectivity index (χ3n) is 6.56. The van der Waals surface area contributed by atoms with Crippen LogP contribution in [0.15, 0.2) is 36.4 Å². The topological polar surface area (TPSA) is 44.9 Å². The van der Waals surface area contributed by atoms with E-state index in [1.165, 1.54) is 18.2 Å². The maximum absolute atomic E-state index is 14.4. The molecule has 2 aromatic carbocycles. The second-order valence-corrected chi connectivity index (χ2v) is 9.00. The Balaban J connectivity index is 1.35. The van der Waals surface area contributed by atoms with Gasteiger partial charge in [-0.15, -0.1) is 0 Å². The number of fused-ring (bicyclic) bond motifs is 1. The maximum Gasteiger partial charge on any atom is 0.248 e. The second kappa shape index (κ2) is 7.60. The molecule has 1 amide bonds. The third kappa shape index (κ3) is 3.87. The number of hydrogen-bond donors (Lipinski definition) is 2. The van der Waals surface area contributed by atoms with Crippen molar-refractivity contribution in [3.05, 3.63) is 59.4 Å². The first-order valence-electron chi connectivity index (χ1n) is 10.6. The Morgan fingerprint density at radius 1 is 1.03 bits per heavy atom. The minimum absolute atomic E-state index is 0.0664. The number of H-pyrrole nitrogens is 1. The standard InChI is InChI=1S/C24H21F5N2O/c25-15-3-1-13(2-4-15)22-21(18-8-16(26)9-19(27)23(18)31-22)14-6-17(7-14)30-20(32)5-12-10-24(28,29)11-12/h1-4,8-9,12,14,17,31H,5-7,10-11H2,(H,30,32)/t14-,17-. The molecule has 0 saturated heterocycles. The first-order chi connectivity index (χ1) is 15.2. The van der Waals surface area contributed by atoms with E-state index < -0.39 is 23.4 Å². The number of rotatable bonds is 5. The van der Waals surface area contributed by atoms with Gasteiger partial charge in [0.1, 0.15) is 17.5 Å². The van der Waals surface area contributed by atoms with Gasteiger partial charge in [0.05, 0.1) is 11.2 Å². The number of carbonyl (C=O) groups is 1. The predicted molar refractivity (Wildman–Crippen MR) is 110 cm³/mol. The molecule has 3 nitrogen and oxygen atoms in total. The van der Waals surface area contributed by atoms with Crippen molar-refractivity contribution in [2.75, 3.05) is 0 Å². The first-order valence-corrected chi connectivity index (χ1v) is 10.6. The summed E-state index contributed by atoms with van der Waals surface area (Å²) in [5.74, 6) is -5.06. The molecule has 1 heterocycles. The Bertz CT molecular complexity index is 1170. The van der Waals surface area contributed by atoms with Gasteiger partial charge in [-0.1, -0.05) is 0 Å². The average Bonchev–Trinajstić information content (AvgIpc) is 3.02. The molecule has 2 N–H and O–H groups in total. The highest BCUT2D eigenvalue weighted by Crippen LogP contribution is 2.46. The lowest BCUT2D eigenvalue weighted by Gasteiger charge is -2.38. The van der Waals surface area contributed by atoms with Crippen LogP contribution in [0.25, 0.3) is 22.2 Å². The Kier molecular flexibility index (Phi) is 4.98. The van der Waals surface area contributed by atoms with Crippen molar-refractivity contribution < 1.29 is 26.7 Å². The molecule has 0 bridgehead atoms. The molecule has 0 unspecified atom stereocenters. The summed E-state index contributed by atoms with van der Waals surface area (Å²) in [5.41, 5.74) is 2.15. The van der Waals surface area contributed by atoms with Gasteiger partial charge in [0.15, 0.2) is 0 Å². The minimum atomic E-state index is -2.65. The molecule has 5 rings (SSSR count). The fraction of sp³-hybridized carbons (Fsp3) is 0.375. The molecule has 3 aromatic rings. The molecular formula is C24H21F5N2O. The van der Waals surface area contributed by atoms with Crippen molar-refractivity contribution in [2.24, 2.45) is 5.92 Å². The summed E-state index contributed by atoms with van der Waals surface area (Å²) in [6.45, 7) is 0.